The SMILES string of the molecule is Cl.O=S(=O)(Cc1ccc(F)c(Cl)c1)NC1CCCNC1. The van der Waals surface area contributed by atoms with Crippen molar-refractivity contribution >= 4 is 34.0 Å². The molecule has 0 radical (unpaired) electrons. The molecule has 0 saturated carbocycles. The van der Waals surface area contributed by atoms with Crippen LogP contribution in [0.4, 0.5) is 4.39 Å². The molecule has 1 unspecified atom stereocenters. The van der Waals surface area contributed by atoms with Gasteiger partial charge in [0.05, 0.1) is 10.8 Å². The largest absolute Gasteiger partial charge is 0.315 e. The van der Waals surface area contributed by atoms with Crippen LogP contribution in [0.1, 0.15) is 18.4 Å². The maximum absolute atomic E-state index is 13.0. The monoisotopic (exact) mass is 342 g/mol. The van der Waals surface area contributed by atoms with E-state index in [0.717, 1.165) is 19.4 Å². The Morgan fingerprint density at radius 2 is 2.20 bits per heavy atom. The van der Waals surface area contributed by atoms with Crippen LogP contribution in [0.2, 0.25) is 5.02 Å². The van der Waals surface area contributed by atoms with Gasteiger partial charge in [0.1, 0.15) is 5.82 Å². The van der Waals surface area contributed by atoms with Gasteiger partial charge < -0.3 is 5.32 Å². The molecule has 1 saturated heterocycles. The number of halogens is 3. The van der Waals surface area contributed by atoms with E-state index < -0.39 is 15.8 Å². The fourth-order valence-corrected chi connectivity index (χ4v) is 3.71. The van der Waals surface area contributed by atoms with Crippen LogP contribution in [0, 0.1) is 5.82 Å². The van der Waals surface area contributed by atoms with Crippen molar-refractivity contribution in [2.24, 2.45) is 0 Å². The van der Waals surface area contributed by atoms with Gasteiger partial charge in [-0.2, -0.15) is 0 Å². The summed E-state index contributed by atoms with van der Waals surface area (Å²) >= 11 is 5.63. The molecular formula is C12H17Cl2FN2O2S. The van der Waals surface area contributed by atoms with Gasteiger partial charge in [0.15, 0.2) is 0 Å². The van der Waals surface area contributed by atoms with Crippen LogP contribution < -0.4 is 10.0 Å². The first-order valence-corrected chi connectivity index (χ1v) is 8.14. The predicted molar refractivity (Wildman–Crippen MR) is 80.3 cm³/mol. The minimum atomic E-state index is -3.43. The number of benzene rings is 1. The molecular weight excluding hydrogens is 326 g/mol. The summed E-state index contributed by atoms with van der Waals surface area (Å²) < 4.78 is 39.6. The first-order valence-electron chi connectivity index (χ1n) is 6.11. The van der Waals surface area contributed by atoms with E-state index in [0.29, 0.717) is 12.1 Å². The Morgan fingerprint density at radius 3 is 2.80 bits per heavy atom. The van der Waals surface area contributed by atoms with Crippen molar-refractivity contribution in [2.45, 2.75) is 24.6 Å². The summed E-state index contributed by atoms with van der Waals surface area (Å²) in [5, 5.41) is 3.08. The molecule has 1 atom stereocenters. The van der Waals surface area contributed by atoms with Crippen LogP contribution in [-0.2, 0) is 15.8 Å². The molecule has 0 aliphatic carbocycles. The van der Waals surface area contributed by atoms with Gasteiger partial charge in [0.25, 0.3) is 0 Å². The fourth-order valence-electron chi connectivity index (χ4n) is 2.10. The summed E-state index contributed by atoms with van der Waals surface area (Å²) in [6.07, 6.45) is 1.78. The molecule has 1 aliphatic rings. The van der Waals surface area contributed by atoms with Crippen LogP contribution >= 0.6 is 24.0 Å². The highest BCUT2D eigenvalue weighted by atomic mass is 35.5. The standard InChI is InChI=1S/C12H16ClFN2O2S.ClH/c13-11-6-9(3-4-12(11)14)8-19(17,18)16-10-2-1-5-15-7-10;/h3-4,6,10,15-16H,1-2,5,7-8H2;1H. The summed E-state index contributed by atoms with van der Waals surface area (Å²) in [7, 11) is -3.43. The molecule has 8 heteroatoms. The highest BCUT2D eigenvalue weighted by Crippen LogP contribution is 2.17. The Hall–Kier alpha value is -0.400. The molecule has 0 aromatic heterocycles. The van der Waals surface area contributed by atoms with Crippen molar-refractivity contribution in [2.75, 3.05) is 13.1 Å². The zero-order valence-corrected chi connectivity index (χ0v) is 13.1. The van der Waals surface area contributed by atoms with Crippen LogP contribution in [0.25, 0.3) is 0 Å². The lowest BCUT2D eigenvalue weighted by molar-refractivity contribution is 0.428. The Labute approximate surface area is 129 Å². The van der Waals surface area contributed by atoms with Crippen molar-refractivity contribution in [1.82, 2.24) is 10.0 Å². The van der Waals surface area contributed by atoms with Crippen molar-refractivity contribution in [3.05, 3.63) is 34.6 Å². The number of nitrogens with one attached hydrogen (secondary N) is 2. The lowest BCUT2D eigenvalue weighted by Crippen LogP contribution is -2.45. The van der Waals surface area contributed by atoms with Gasteiger partial charge in [-0.25, -0.2) is 17.5 Å². The summed E-state index contributed by atoms with van der Waals surface area (Å²) in [4.78, 5) is 0. The highest BCUT2D eigenvalue weighted by Gasteiger charge is 2.20. The van der Waals surface area contributed by atoms with E-state index in [2.05, 4.69) is 10.0 Å². The van der Waals surface area contributed by atoms with Crippen LogP contribution in [-0.4, -0.2) is 27.5 Å². The predicted octanol–water partition coefficient (Wildman–Crippen LogP) is 2.07. The second kappa shape index (κ2) is 7.56. The van der Waals surface area contributed by atoms with Gasteiger partial charge in [0, 0.05) is 12.6 Å². The van der Waals surface area contributed by atoms with E-state index in [1.807, 2.05) is 0 Å². The van der Waals surface area contributed by atoms with E-state index in [9.17, 15) is 12.8 Å². The van der Waals surface area contributed by atoms with Crippen molar-refractivity contribution in [3.8, 4) is 0 Å². The quantitative estimate of drug-likeness (QED) is 0.880. The molecule has 1 aromatic carbocycles. The van der Waals surface area contributed by atoms with E-state index in [4.69, 9.17) is 11.6 Å². The van der Waals surface area contributed by atoms with E-state index in [-0.39, 0.29) is 29.2 Å². The van der Waals surface area contributed by atoms with E-state index in [1.165, 1.54) is 18.2 Å². The second-order valence-electron chi connectivity index (χ2n) is 4.67. The molecule has 0 amide bonds. The van der Waals surface area contributed by atoms with Crippen LogP contribution in [0.3, 0.4) is 0 Å². The fraction of sp³-hybridized carbons (Fsp3) is 0.500. The Bertz CT molecular complexity index is 548. The van der Waals surface area contributed by atoms with Crippen molar-refractivity contribution < 1.29 is 12.8 Å². The minimum absolute atomic E-state index is 0. The summed E-state index contributed by atoms with van der Waals surface area (Å²) in [6, 6.07) is 3.87. The average Bonchev–Trinajstić information content (AvgIpc) is 2.34. The van der Waals surface area contributed by atoms with Gasteiger partial charge >= 0.3 is 0 Å². The van der Waals surface area contributed by atoms with Crippen LogP contribution in [0.15, 0.2) is 18.2 Å². The molecule has 0 bridgehead atoms. The number of hydrogen-bond donors (Lipinski definition) is 2. The molecule has 114 valence electrons. The maximum Gasteiger partial charge on any atom is 0.216 e. The first-order chi connectivity index (χ1) is 8.96. The third kappa shape index (κ3) is 5.18. The highest BCUT2D eigenvalue weighted by molar-refractivity contribution is 7.88. The molecule has 4 nitrogen and oxygen atoms in total. The number of rotatable bonds is 4. The zero-order chi connectivity index (χ0) is 13.9. The summed E-state index contributed by atoms with van der Waals surface area (Å²) in [6.45, 7) is 1.56. The van der Waals surface area contributed by atoms with Gasteiger partial charge in [0.2, 0.25) is 10.0 Å². The molecule has 1 heterocycles. The Morgan fingerprint density at radius 1 is 1.45 bits per heavy atom. The zero-order valence-electron chi connectivity index (χ0n) is 10.7. The average molecular weight is 343 g/mol. The molecule has 20 heavy (non-hydrogen) atoms. The number of sulfonamides is 1. The molecule has 2 rings (SSSR count). The first kappa shape index (κ1) is 17.7. The van der Waals surface area contributed by atoms with Gasteiger partial charge in [-0.15, -0.1) is 12.4 Å². The van der Waals surface area contributed by atoms with E-state index >= 15 is 0 Å². The second-order valence-corrected chi connectivity index (χ2v) is 6.83. The summed E-state index contributed by atoms with van der Waals surface area (Å²) in [5.74, 6) is -0.740. The normalized spacial score (nSPS) is 19.4. The van der Waals surface area contributed by atoms with Crippen molar-refractivity contribution in [1.29, 1.82) is 0 Å². The Kier molecular flexibility index (Phi) is 6.68. The van der Waals surface area contributed by atoms with Crippen molar-refractivity contribution in [3.63, 3.8) is 0 Å². The number of piperidine rings is 1. The lowest BCUT2D eigenvalue weighted by atomic mass is 10.1. The van der Waals surface area contributed by atoms with Gasteiger partial charge in [-0.05, 0) is 37.1 Å². The topological polar surface area (TPSA) is 58.2 Å². The lowest BCUT2D eigenvalue weighted by Gasteiger charge is -2.23. The molecule has 2 N–H and O–H groups in total. The molecule has 0 spiro atoms. The molecule has 1 fully saturated rings. The van der Waals surface area contributed by atoms with Crippen LogP contribution in [0.5, 0.6) is 0 Å². The third-order valence-electron chi connectivity index (χ3n) is 2.98. The molecule has 1 aromatic rings. The van der Waals surface area contributed by atoms with Gasteiger partial charge in [-0.3, -0.25) is 0 Å². The Balaban J connectivity index is 0.00000200. The van der Waals surface area contributed by atoms with E-state index in [1.54, 1.807) is 0 Å². The smallest absolute Gasteiger partial charge is 0.216 e. The van der Waals surface area contributed by atoms with Gasteiger partial charge in [-0.1, -0.05) is 17.7 Å². The number of hydrogen-bond acceptors (Lipinski definition) is 3. The molecule has 1 aliphatic heterocycles. The minimum Gasteiger partial charge on any atom is -0.315 e. The summed E-state index contributed by atoms with van der Waals surface area (Å²) in [5.41, 5.74) is 0.475. The third-order valence-corrected chi connectivity index (χ3v) is 4.68. The maximum atomic E-state index is 13.0.